The van der Waals surface area contributed by atoms with Crippen LogP contribution in [0.2, 0.25) is 0 Å². The Balaban J connectivity index is 2.85. The molecule has 1 aromatic carbocycles. The van der Waals surface area contributed by atoms with Gasteiger partial charge in [0.2, 0.25) is 0 Å². The van der Waals surface area contributed by atoms with Gasteiger partial charge in [-0.25, -0.2) is 4.39 Å². The second-order valence-corrected chi connectivity index (χ2v) is 3.11. The zero-order chi connectivity index (χ0) is 10.4. The molecule has 2 nitrogen and oxygen atoms in total. The first-order valence-corrected chi connectivity index (χ1v) is 4.61. The van der Waals surface area contributed by atoms with Gasteiger partial charge in [0.15, 0.2) is 0 Å². The van der Waals surface area contributed by atoms with Crippen LogP contribution in [-0.2, 0) is 0 Å². The predicted molar refractivity (Wildman–Crippen MR) is 54.7 cm³/mol. The monoisotopic (exact) mass is 193 g/mol. The van der Waals surface area contributed by atoms with Crippen LogP contribution >= 0.6 is 0 Å². The first kappa shape index (κ1) is 10.5. The molecule has 0 aliphatic heterocycles. The summed E-state index contributed by atoms with van der Waals surface area (Å²) < 4.78 is 12.6. The molecular weight excluding hydrogens is 181 g/mol. The van der Waals surface area contributed by atoms with Crippen molar-refractivity contribution in [3.05, 3.63) is 45.9 Å². The third-order valence-electron chi connectivity index (χ3n) is 2.06. The normalized spacial score (nSPS) is 11.6. The summed E-state index contributed by atoms with van der Waals surface area (Å²) in [6, 6.07) is 8.55. The summed E-state index contributed by atoms with van der Waals surface area (Å²) in [5.41, 5.74) is 0.882. The van der Waals surface area contributed by atoms with Crippen molar-refractivity contribution in [2.24, 2.45) is 0 Å². The van der Waals surface area contributed by atoms with Gasteiger partial charge in [-0.3, -0.25) is 0 Å². The maximum absolute atomic E-state index is 12.6. The lowest BCUT2D eigenvalue weighted by Crippen LogP contribution is -1.94. The summed E-state index contributed by atoms with van der Waals surface area (Å²) >= 11 is 0. The van der Waals surface area contributed by atoms with Gasteiger partial charge in [0.25, 0.3) is 0 Å². The number of hydrogen-bond acceptors (Lipinski definition) is 1. The highest BCUT2D eigenvalue weighted by Gasteiger charge is 2.13. The largest absolute Gasteiger partial charge is 0.498 e. The van der Waals surface area contributed by atoms with Crippen LogP contribution in [0.4, 0.5) is 4.39 Å². The van der Waals surface area contributed by atoms with Crippen LogP contribution in [0.5, 0.6) is 0 Å². The van der Waals surface area contributed by atoms with E-state index in [9.17, 15) is 9.60 Å². The summed E-state index contributed by atoms with van der Waals surface area (Å²) in [4.78, 5) is 0. The van der Waals surface area contributed by atoms with Crippen molar-refractivity contribution in [1.29, 1.82) is 0 Å². The fraction of sp³-hybridized carbons (Fsp3) is 0.364. The van der Waals surface area contributed by atoms with E-state index in [1.807, 2.05) is 6.92 Å². The Morgan fingerprint density at radius 2 is 2.07 bits per heavy atom. The second kappa shape index (κ2) is 5.23. The SMILES string of the molecule is CCCC(C#[N+][O-])c1ccc(F)cc1. The third kappa shape index (κ3) is 2.74. The van der Waals surface area contributed by atoms with E-state index in [4.69, 9.17) is 0 Å². The van der Waals surface area contributed by atoms with Gasteiger partial charge in [-0.15, -0.1) is 0 Å². The Morgan fingerprint density at radius 3 is 2.57 bits per heavy atom. The molecule has 0 fully saturated rings. The van der Waals surface area contributed by atoms with Crippen molar-refractivity contribution in [2.75, 3.05) is 0 Å². The zero-order valence-electron chi connectivity index (χ0n) is 8.03. The van der Waals surface area contributed by atoms with Gasteiger partial charge >= 0.3 is 6.07 Å². The molecule has 0 aromatic heterocycles. The average molecular weight is 193 g/mol. The fourth-order valence-electron chi connectivity index (χ4n) is 1.35. The van der Waals surface area contributed by atoms with Crippen LogP contribution in [0.25, 0.3) is 5.01 Å². The van der Waals surface area contributed by atoms with Gasteiger partial charge in [-0.1, -0.05) is 25.5 Å². The van der Waals surface area contributed by atoms with Crippen molar-refractivity contribution < 1.29 is 4.39 Å². The fourth-order valence-corrected chi connectivity index (χ4v) is 1.35. The molecule has 0 spiro atoms. The van der Waals surface area contributed by atoms with Crippen molar-refractivity contribution in [1.82, 2.24) is 0 Å². The van der Waals surface area contributed by atoms with Crippen LogP contribution in [-0.4, -0.2) is 0 Å². The molecule has 3 heteroatoms. The summed E-state index contributed by atoms with van der Waals surface area (Å²) in [5.74, 6) is -0.388. The maximum Gasteiger partial charge on any atom is 0.306 e. The van der Waals surface area contributed by atoms with Gasteiger partial charge in [-0.2, -0.15) is 0 Å². The summed E-state index contributed by atoms with van der Waals surface area (Å²) in [6.45, 7) is 2.02. The van der Waals surface area contributed by atoms with Crippen molar-refractivity contribution in [3.8, 4) is 6.07 Å². The van der Waals surface area contributed by atoms with E-state index in [2.05, 4.69) is 11.1 Å². The van der Waals surface area contributed by atoms with E-state index < -0.39 is 0 Å². The zero-order valence-corrected chi connectivity index (χ0v) is 8.03. The van der Waals surface area contributed by atoms with Crippen LogP contribution < -0.4 is 0 Å². The van der Waals surface area contributed by atoms with Crippen LogP contribution in [0.1, 0.15) is 31.2 Å². The topological polar surface area (TPSA) is 27.4 Å². The molecule has 14 heavy (non-hydrogen) atoms. The van der Waals surface area contributed by atoms with Crippen molar-refractivity contribution in [3.63, 3.8) is 0 Å². The van der Waals surface area contributed by atoms with Crippen LogP contribution in [0.15, 0.2) is 24.3 Å². The number of rotatable bonds is 3. The predicted octanol–water partition coefficient (Wildman–Crippen LogP) is 3.54. The minimum atomic E-state index is -0.275. The molecule has 1 atom stereocenters. The molecule has 74 valence electrons. The Kier molecular flexibility index (Phi) is 3.93. The molecular formula is C11H12FNO. The minimum Gasteiger partial charge on any atom is -0.498 e. The molecule has 1 unspecified atom stereocenters. The van der Waals surface area contributed by atoms with E-state index in [0.717, 1.165) is 18.4 Å². The summed E-state index contributed by atoms with van der Waals surface area (Å²) in [5, 5.41) is 12.8. The van der Waals surface area contributed by atoms with Gasteiger partial charge in [0.1, 0.15) is 11.7 Å². The molecule has 0 N–H and O–H groups in total. The van der Waals surface area contributed by atoms with E-state index in [1.54, 1.807) is 12.1 Å². The number of hydrogen-bond donors (Lipinski definition) is 0. The lowest BCUT2D eigenvalue weighted by atomic mass is 9.96. The van der Waals surface area contributed by atoms with Crippen LogP contribution in [0.3, 0.4) is 0 Å². The lowest BCUT2D eigenvalue weighted by Gasteiger charge is -2.04. The summed E-state index contributed by atoms with van der Waals surface area (Å²) in [7, 11) is 0. The molecule has 0 radical (unpaired) electrons. The highest BCUT2D eigenvalue weighted by atomic mass is 19.1. The van der Waals surface area contributed by atoms with E-state index in [-0.39, 0.29) is 11.7 Å². The second-order valence-electron chi connectivity index (χ2n) is 3.11. The van der Waals surface area contributed by atoms with E-state index in [0.29, 0.717) is 0 Å². The Hall–Kier alpha value is -1.56. The Morgan fingerprint density at radius 1 is 1.43 bits per heavy atom. The number of halogens is 1. The molecule has 1 rings (SSSR count). The van der Waals surface area contributed by atoms with Crippen molar-refractivity contribution in [2.45, 2.75) is 25.7 Å². The first-order valence-electron chi connectivity index (χ1n) is 4.61. The lowest BCUT2D eigenvalue weighted by molar-refractivity contribution is 0.625. The number of benzene rings is 1. The van der Waals surface area contributed by atoms with Crippen molar-refractivity contribution >= 4 is 0 Å². The molecule has 0 aliphatic carbocycles. The van der Waals surface area contributed by atoms with Gasteiger partial charge in [0.05, 0.1) is 0 Å². The smallest absolute Gasteiger partial charge is 0.306 e. The number of nitrogens with zero attached hydrogens (tertiary/aromatic N) is 1. The molecule has 0 amide bonds. The molecule has 0 aliphatic rings. The molecule has 0 saturated carbocycles. The molecule has 0 saturated heterocycles. The standard InChI is InChI=1S/C11H12FNO/c1-2-3-10(8-13-14)9-4-6-11(12)7-5-9/h4-7,10H,2-3H2,1H3. The Bertz CT molecular complexity index is 337. The third-order valence-corrected chi connectivity index (χ3v) is 2.06. The quantitative estimate of drug-likeness (QED) is 0.674. The highest BCUT2D eigenvalue weighted by molar-refractivity contribution is 5.26. The molecule has 0 heterocycles. The van der Waals surface area contributed by atoms with Gasteiger partial charge < -0.3 is 5.21 Å². The average Bonchev–Trinajstić information content (AvgIpc) is 2.19. The highest BCUT2D eigenvalue weighted by Crippen LogP contribution is 2.20. The van der Waals surface area contributed by atoms with Gasteiger partial charge in [0, 0.05) is 5.01 Å². The summed E-state index contributed by atoms with van der Waals surface area (Å²) in [6.07, 6.45) is 1.74. The van der Waals surface area contributed by atoms with E-state index in [1.165, 1.54) is 12.1 Å². The van der Waals surface area contributed by atoms with Crippen LogP contribution in [0, 0.1) is 17.1 Å². The molecule has 1 aromatic rings. The van der Waals surface area contributed by atoms with E-state index >= 15 is 0 Å². The van der Waals surface area contributed by atoms with Gasteiger partial charge in [-0.05, 0) is 24.1 Å². The maximum atomic E-state index is 12.6. The minimum absolute atomic E-state index is 0.113. The Labute approximate surface area is 82.8 Å². The first-order chi connectivity index (χ1) is 6.77. The molecule has 0 bridgehead atoms.